The van der Waals surface area contributed by atoms with Crippen LogP contribution in [-0.2, 0) is 0 Å². The van der Waals surface area contributed by atoms with E-state index < -0.39 is 0 Å². The summed E-state index contributed by atoms with van der Waals surface area (Å²) in [5.41, 5.74) is 5.70. The summed E-state index contributed by atoms with van der Waals surface area (Å²) in [6.07, 6.45) is 0. The van der Waals surface area contributed by atoms with Gasteiger partial charge in [0.1, 0.15) is 0 Å². The second kappa shape index (κ2) is 9.49. The molecule has 29 heavy (non-hydrogen) atoms. The number of carbonyl (C=O) groups is 2. The maximum Gasteiger partial charge on any atom is 0.271 e. The lowest BCUT2D eigenvalue weighted by atomic mass is 10.1. The lowest BCUT2D eigenvalue weighted by Crippen LogP contribution is -2.19. The van der Waals surface area contributed by atoms with Crippen LogP contribution < -0.4 is 10.7 Å². The molecule has 0 fully saturated rings. The maximum atomic E-state index is 12.2. The molecule has 146 valence electrons. The zero-order valence-corrected chi connectivity index (χ0v) is 17.8. The largest absolute Gasteiger partial charge is 0.322 e. The third-order valence-electron chi connectivity index (χ3n) is 4.10. The van der Waals surface area contributed by atoms with E-state index in [1.165, 1.54) is 0 Å². The van der Waals surface area contributed by atoms with Gasteiger partial charge in [-0.05, 0) is 73.2 Å². The summed E-state index contributed by atoms with van der Waals surface area (Å²) in [5.74, 6) is -0.509. The highest BCUT2D eigenvalue weighted by atomic mass is 79.9. The number of halogens is 2. The quantitative estimate of drug-likeness (QED) is 0.381. The van der Waals surface area contributed by atoms with Crippen molar-refractivity contribution in [2.45, 2.75) is 6.92 Å². The summed E-state index contributed by atoms with van der Waals surface area (Å²) in [7, 11) is 0. The summed E-state index contributed by atoms with van der Waals surface area (Å²) in [5, 5.41) is 7.55. The highest BCUT2D eigenvalue weighted by Gasteiger charge is 2.07. The number of hydrogen-bond donors (Lipinski definition) is 2. The molecule has 3 aromatic carbocycles. The predicted molar refractivity (Wildman–Crippen MR) is 120 cm³/mol. The van der Waals surface area contributed by atoms with Gasteiger partial charge in [0.05, 0.1) is 5.71 Å². The van der Waals surface area contributed by atoms with E-state index in [9.17, 15) is 9.59 Å². The van der Waals surface area contributed by atoms with Crippen molar-refractivity contribution < 1.29 is 9.59 Å². The van der Waals surface area contributed by atoms with E-state index in [2.05, 4.69) is 31.8 Å². The molecule has 0 spiro atoms. The first-order chi connectivity index (χ1) is 13.9. The number of rotatable bonds is 5. The van der Waals surface area contributed by atoms with E-state index >= 15 is 0 Å². The van der Waals surface area contributed by atoms with Crippen molar-refractivity contribution >= 4 is 50.7 Å². The van der Waals surface area contributed by atoms with E-state index in [-0.39, 0.29) is 11.8 Å². The topological polar surface area (TPSA) is 70.6 Å². The Bertz CT molecular complexity index is 1050. The molecule has 0 aliphatic rings. The Hall–Kier alpha value is -2.96. The third kappa shape index (κ3) is 5.76. The van der Waals surface area contributed by atoms with Gasteiger partial charge < -0.3 is 5.32 Å². The van der Waals surface area contributed by atoms with E-state index in [0.29, 0.717) is 27.5 Å². The molecule has 0 aliphatic carbocycles. The van der Waals surface area contributed by atoms with Crippen LogP contribution >= 0.6 is 27.5 Å². The van der Waals surface area contributed by atoms with E-state index in [1.54, 1.807) is 67.6 Å². The van der Waals surface area contributed by atoms with Gasteiger partial charge in [0.15, 0.2) is 0 Å². The smallest absolute Gasteiger partial charge is 0.271 e. The van der Waals surface area contributed by atoms with Gasteiger partial charge in [-0.25, -0.2) is 5.43 Å². The second-order valence-electron chi connectivity index (χ2n) is 6.18. The molecule has 0 unspecified atom stereocenters. The van der Waals surface area contributed by atoms with Crippen LogP contribution in [0.3, 0.4) is 0 Å². The van der Waals surface area contributed by atoms with E-state index in [0.717, 1.165) is 10.0 Å². The molecule has 0 aromatic heterocycles. The van der Waals surface area contributed by atoms with Crippen molar-refractivity contribution in [1.29, 1.82) is 0 Å². The van der Waals surface area contributed by atoms with Crippen LogP contribution in [0.15, 0.2) is 82.4 Å². The molecule has 0 saturated carbocycles. The standard InChI is InChI=1S/C22H17BrClN3O2/c1-14(26-27-22(29)17-2-8-18(23)9-3-17)15-6-12-20(13-7-15)25-21(28)16-4-10-19(24)11-5-16/h2-13H,1H3,(H,25,28)(H,27,29). The molecule has 2 N–H and O–H groups in total. The number of carbonyl (C=O) groups excluding carboxylic acids is 2. The first-order valence-electron chi connectivity index (χ1n) is 8.70. The first kappa shape index (κ1) is 20.8. The fraction of sp³-hybridized carbons (Fsp3) is 0.0455. The van der Waals surface area contributed by atoms with Gasteiger partial charge in [-0.15, -0.1) is 0 Å². The molecule has 3 aromatic rings. The highest BCUT2D eigenvalue weighted by Crippen LogP contribution is 2.14. The van der Waals surface area contributed by atoms with Crippen molar-refractivity contribution in [3.05, 3.63) is 99.0 Å². The van der Waals surface area contributed by atoms with E-state index in [1.807, 2.05) is 12.1 Å². The van der Waals surface area contributed by atoms with Crippen molar-refractivity contribution in [1.82, 2.24) is 5.43 Å². The Labute approximate surface area is 181 Å². The molecule has 0 aliphatic heterocycles. The SMILES string of the molecule is CC(=NNC(=O)c1ccc(Br)cc1)c1ccc(NC(=O)c2ccc(Cl)cc2)cc1. The van der Waals surface area contributed by atoms with Crippen LogP contribution in [0.25, 0.3) is 0 Å². The van der Waals surface area contributed by atoms with Crippen LogP contribution in [0.2, 0.25) is 5.02 Å². The number of anilines is 1. The molecular formula is C22H17BrClN3O2. The summed E-state index contributed by atoms with van der Waals surface area (Å²) in [6, 6.07) is 20.9. The Morgan fingerprint density at radius 3 is 1.93 bits per heavy atom. The Balaban J connectivity index is 1.62. The maximum absolute atomic E-state index is 12.2. The van der Waals surface area contributed by atoms with Crippen LogP contribution in [0.4, 0.5) is 5.69 Å². The Kier molecular flexibility index (Phi) is 6.80. The minimum absolute atomic E-state index is 0.221. The normalized spacial score (nSPS) is 11.1. The monoisotopic (exact) mass is 469 g/mol. The molecule has 0 saturated heterocycles. The molecular weight excluding hydrogens is 454 g/mol. The molecule has 7 heteroatoms. The Morgan fingerprint density at radius 2 is 1.31 bits per heavy atom. The summed E-state index contributed by atoms with van der Waals surface area (Å²) in [6.45, 7) is 1.79. The lowest BCUT2D eigenvalue weighted by Gasteiger charge is -2.07. The van der Waals surface area contributed by atoms with Crippen LogP contribution in [0.5, 0.6) is 0 Å². The minimum atomic E-state index is -0.288. The number of hydrazone groups is 1. The molecule has 3 rings (SSSR count). The molecule has 0 bridgehead atoms. The van der Waals surface area contributed by atoms with Gasteiger partial charge >= 0.3 is 0 Å². The van der Waals surface area contributed by atoms with Crippen molar-refractivity contribution in [3.8, 4) is 0 Å². The highest BCUT2D eigenvalue weighted by molar-refractivity contribution is 9.10. The molecule has 2 amide bonds. The fourth-order valence-electron chi connectivity index (χ4n) is 2.46. The van der Waals surface area contributed by atoms with Gasteiger partial charge in [0.2, 0.25) is 0 Å². The van der Waals surface area contributed by atoms with Gasteiger partial charge in [0.25, 0.3) is 11.8 Å². The zero-order valence-electron chi connectivity index (χ0n) is 15.4. The van der Waals surface area contributed by atoms with E-state index in [4.69, 9.17) is 11.6 Å². The number of amides is 2. The molecule has 0 radical (unpaired) electrons. The van der Waals surface area contributed by atoms with Crippen molar-refractivity contribution in [2.24, 2.45) is 5.10 Å². The van der Waals surface area contributed by atoms with Crippen molar-refractivity contribution in [2.75, 3.05) is 5.32 Å². The zero-order chi connectivity index (χ0) is 20.8. The fourth-order valence-corrected chi connectivity index (χ4v) is 2.85. The van der Waals surface area contributed by atoms with Crippen LogP contribution in [0, 0.1) is 0 Å². The van der Waals surface area contributed by atoms with Gasteiger partial charge in [-0.3, -0.25) is 9.59 Å². The lowest BCUT2D eigenvalue weighted by molar-refractivity contribution is 0.0954. The van der Waals surface area contributed by atoms with Crippen molar-refractivity contribution in [3.63, 3.8) is 0 Å². The average Bonchev–Trinajstić information content (AvgIpc) is 2.73. The average molecular weight is 471 g/mol. The number of benzene rings is 3. The number of hydrogen-bond acceptors (Lipinski definition) is 3. The van der Waals surface area contributed by atoms with Gasteiger partial charge in [-0.1, -0.05) is 39.7 Å². The number of nitrogens with zero attached hydrogens (tertiary/aromatic N) is 1. The van der Waals surface area contributed by atoms with Crippen LogP contribution in [0.1, 0.15) is 33.2 Å². The number of nitrogens with one attached hydrogen (secondary N) is 2. The summed E-state index contributed by atoms with van der Waals surface area (Å²) < 4.78 is 0.900. The molecule has 5 nitrogen and oxygen atoms in total. The summed E-state index contributed by atoms with van der Waals surface area (Å²) in [4.78, 5) is 24.4. The van der Waals surface area contributed by atoms with Crippen LogP contribution in [-0.4, -0.2) is 17.5 Å². The molecule has 0 atom stereocenters. The second-order valence-corrected chi connectivity index (χ2v) is 7.54. The summed E-state index contributed by atoms with van der Waals surface area (Å²) >= 11 is 9.17. The van der Waals surface area contributed by atoms with Gasteiger partial charge in [0, 0.05) is 26.3 Å². The molecule has 0 heterocycles. The predicted octanol–water partition coefficient (Wildman–Crippen LogP) is 5.51. The van der Waals surface area contributed by atoms with Gasteiger partial charge in [-0.2, -0.15) is 5.10 Å². The first-order valence-corrected chi connectivity index (χ1v) is 9.87. The minimum Gasteiger partial charge on any atom is -0.322 e. The third-order valence-corrected chi connectivity index (χ3v) is 4.88. The Morgan fingerprint density at radius 1 is 0.793 bits per heavy atom.